The lowest BCUT2D eigenvalue weighted by atomic mass is 10.1. The van der Waals surface area contributed by atoms with E-state index in [4.69, 9.17) is 10.6 Å². The molecule has 3 N–H and O–H groups in total. The van der Waals surface area contributed by atoms with Crippen LogP contribution in [0, 0.1) is 0 Å². The summed E-state index contributed by atoms with van der Waals surface area (Å²) in [5.74, 6) is 7.40. The van der Waals surface area contributed by atoms with E-state index in [-0.39, 0.29) is 11.7 Å². The largest absolute Gasteiger partial charge is 0.497 e. The Balaban J connectivity index is 1.35. The first-order valence-electron chi connectivity index (χ1n) is 9.57. The minimum atomic E-state index is -0.147. The first-order chi connectivity index (χ1) is 15.1. The van der Waals surface area contributed by atoms with Crippen LogP contribution in [-0.4, -0.2) is 33.6 Å². The zero-order valence-electron chi connectivity index (χ0n) is 16.9. The number of nitrogen functional groups attached to an aromatic ring is 1. The fourth-order valence-corrected chi connectivity index (χ4v) is 3.67. The molecule has 0 unspecified atom stereocenters. The minimum absolute atomic E-state index is 0.147. The molecule has 0 saturated carbocycles. The topological polar surface area (TPSA) is 95.1 Å². The van der Waals surface area contributed by atoms with E-state index in [2.05, 4.69) is 15.5 Å². The van der Waals surface area contributed by atoms with Crippen molar-refractivity contribution in [2.45, 2.75) is 5.16 Å². The fourth-order valence-electron chi connectivity index (χ4n) is 3.02. The third kappa shape index (κ3) is 4.87. The van der Waals surface area contributed by atoms with Gasteiger partial charge in [0.1, 0.15) is 5.75 Å². The van der Waals surface area contributed by atoms with Crippen LogP contribution in [0.2, 0.25) is 0 Å². The number of nitrogens with zero attached hydrogens (tertiary/aromatic N) is 3. The lowest BCUT2D eigenvalue weighted by Gasteiger charge is -2.07. The summed E-state index contributed by atoms with van der Waals surface area (Å²) in [6.45, 7) is 0. The van der Waals surface area contributed by atoms with E-state index in [1.807, 2.05) is 78.9 Å². The molecule has 3 aromatic carbocycles. The van der Waals surface area contributed by atoms with E-state index in [0.717, 1.165) is 28.1 Å². The number of hydrogen-bond acceptors (Lipinski definition) is 6. The first kappa shape index (κ1) is 20.5. The van der Waals surface area contributed by atoms with Gasteiger partial charge in [-0.15, -0.1) is 10.2 Å². The average Bonchev–Trinajstić information content (AvgIpc) is 3.19. The molecule has 0 bridgehead atoms. The number of carbonyl (C=O) groups excluding carboxylic acids is 1. The highest BCUT2D eigenvalue weighted by atomic mass is 32.2. The second kappa shape index (κ2) is 9.36. The molecule has 0 aliphatic carbocycles. The molecule has 1 heterocycles. The van der Waals surface area contributed by atoms with E-state index in [1.165, 1.54) is 16.4 Å². The number of methoxy groups -OCH3 is 1. The number of nitrogens with two attached hydrogens (primary N) is 1. The Bertz CT molecular complexity index is 1160. The predicted octanol–water partition coefficient (Wildman–Crippen LogP) is 4.07. The van der Waals surface area contributed by atoms with Crippen LogP contribution in [0.1, 0.15) is 0 Å². The number of anilines is 1. The maximum Gasteiger partial charge on any atom is 0.234 e. The molecule has 8 heteroatoms. The molecule has 0 aliphatic heterocycles. The van der Waals surface area contributed by atoms with Gasteiger partial charge in [-0.2, -0.15) is 0 Å². The molecular formula is C23H21N5O2S. The fraction of sp³-hybridized carbons (Fsp3) is 0.0870. The van der Waals surface area contributed by atoms with Crippen LogP contribution in [0.4, 0.5) is 5.69 Å². The van der Waals surface area contributed by atoms with Gasteiger partial charge in [0.15, 0.2) is 5.82 Å². The van der Waals surface area contributed by atoms with Gasteiger partial charge in [-0.05, 0) is 47.5 Å². The highest BCUT2D eigenvalue weighted by Gasteiger charge is 2.14. The molecule has 156 valence electrons. The number of rotatable bonds is 7. The van der Waals surface area contributed by atoms with Crippen molar-refractivity contribution in [1.29, 1.82) is 0 Å². The third-order valence-corrected chi connectivity index (χ3v) is 5.56. The summed E-state index contributed by atoms with van der Waals surface area (Å²) in [4.78, 5) is 12.4. The van der Waals surface area contributed by atoms with Crippen LogP contribution in [-0.2, 0) is 4.79 Å². The van der Waals surface area contributed by atoms with E-state index in [1.54, 1.807) is 7.11 Å². The number of thioether (sulfide) groups is 1. The van der Waals surface area contributed by atoms with Gasteiger partial charge < -0.3 is 15.9 Å². The molecule has 0 spiro atoms. The highest BCUT2D eigenvalue weighted by Crippen LogP contribution is 2.24. The van der Waals surface area contributed by atoms with Gasteiger partial charge in [0, 0.05) is 11.3 Å². The van der Waals surface area contributed by atoms with Crippen molar-refractivity contribution in [3.8, 4) is 28.3 Å². The van der Waals surface area contributed by atoms with E-state index in [9.17, 15) is 4.79 Å². The molecule has 1 aromatic heterocycles. The Morgan fingerprint density at radius 1 is 0.935 bits per heavy atom. The number of ether oxygens (including phenoxy) is 1. The molecule has 0 radical (unpaired) electrons. The van der Waals surface area contributed by atoms with Crippen molar-refractivity contribution in [3.05, 3.63) is 78.9 Å². The number of nitrogens with one attached hydrogen (secondary N) is 1. The smallest absolute Gasteiger partial charge is 0.234 e. The molecule has 0 saturated heterocycles. The maximum atomic E-state index is 12.4. The van der Waals surface area contributed by atoms with Crippen molar-refractivity contribution < 1.29 is 9.53 Å². The lowest BCUT2D eigenvalue weighted by Crippen LogP contribution is -2.16. The standard InChI is InChI=1S/C23H21N5O2S/c1-30-20-13-9-18(10-14-20)22-26-27-23(28(22)24)31-15-21(29)25-19-11-7-17(8-12-19)16-5-3-2-4-6-16/h2-14H,15,24H2,1H3,(H,25,29). The number of carbonyl (C=O) groups is 1. The van der Waals surface area contributed by atoms with Gasteiger partial charge in [0.05, 0.1) is 12.9 Å². The monoisotopic (exact) mass is 431 g/mol. The predicted molar refractivity (Wildman–Crippen MR) is 123 cm³/mol. The molecule has 0 fully saturated rings. The average molecular weight is 432 g/mol. The first-order valence-corrected chi connectivity index (χ1v) is 10.6. The van der Waals surface area contributed by atoms with Gasteiger partial charge in [-0.25, -0.2) is 4.68 Å². The van der Waals surface area contributed by atoms with Gasteiger partial charge in [0.25, 0.3) is 0 Å². The highest BCUT2D eigenvalue weighted by molar-refractivity contribution is 7.99. The Kier molecular flexibility index (Phi) is 6.18. The van der Waals surface area contributed by atoms with Crippen LogP contribution in [0.25, 0.3) is 22.5 Å². The van der Waals surface area contributed by atoms with E-state index < -0.39 is 0 Å². The molecule has 4 aromatic rings. The Hall–Kier alpha value is -3.78. The number of hydrogen-bond donors (Lipinski definition) is 2. The van der Waals surface area contributed by atoms with Gasteiger partial charge >= 0.3 is 0 Å². The van der Waals surface area contributed by atoms with Crippen molar-refractivity contribution in [3.63, 3.8) is 0 Å². The van der Waals surface area contributed by atoms with E-state index >= 15 is 0 Å². The SMILES string of the molecule is COc1ccc(-c2nnc(SCC(=O)Nc3ccc(-c4ccccc4)cc3)n2N)cc1. The summed E-state index contributed by atoms with van der Waals surface area (Å²) in [6, 6.07) is 25.2. The number of aromatic nitrogens is 3. The summed E-state index contributed by atoms with van der Waals surface area (Å²) < 4.78 is 6.54. The van der Waals surface area contributed by atoms with Crippen molar-refractivity contribution >= 4 is 23.4 Å². The van der Waals surface area contributed by atoms with Gasteiger partial charge in [0.2, 0.25) is 11.1 Å². The van der Waals surface area contributed by atoms with E-state index in [0.29, 0.717) is 11.0 Å². The quantitative estimate of drug-likeness (QED) is 0.338. The maximum absolute atomic E-state index is 12.4. The molecule has 7 nitrogen and oxygen atoms in total. The van der Waals surface area contributed by atoms with Crippen LogP contribution in [0.5, 0.6) is 5.75 Å². The summed E-state index contributed by atoms with van der Waals surface area (Å²) in [7, 11) is 1.61. The summed E-state index contributed by atoms with van der Waals surface area (Å²) in [5.41, 5.74) is 3.77. The van der Waals surface area contributed by atoms with Crippen molar-refractivity contribution in [1.82, 2.24) is 14.9 Å². The van der Waals surface area contributed by atoms with Gasteiger partial charge in [-0.3, -0.25) is 4.79 Å². The molecular weight excluding hydrogens is 410 g/mol. The molecule has 1 amide bonds. The van der Waals surface area contributed by atoms with Crippen molar-refractivity contribution in [2.24, 2.45) is 0 Å². The summed E-state index contributed by atoms with van der Waals surface area (Å²) in [5, 5.41) is 11.6. The molecule has 4 rings (SSSR count). The number of benzene rings is 3. The summed E-state index contributed by atoms with van der Waals surface area (Å²) >= 11 is 1.23. The third-order valence-electron chi connectivity index (χ3n) is 4.62. The molecule has 0 aliphatic rings. The number of amides is 1. The lowest BCUT2D eigenvalue weighted by molar-refractivity contribution is -0.113. The summed E-state index contributed by atoms with van der Waals surface area (Å²) in [6.07, 6.45) is 0. The minimum Gasteiger partial charge on any atom is -0.497 e. The van der Waals surface area contributed by atoms with Crippen LogP contribution < -0.4 is 15.9 Å². The van der Waals surface area contributed by atoms with Crippen LogP contribution in [0.15, 0.2) is 84.0 Å². The van der Waals surface area contributed by atoms with Crippen molar-refractivity contribution in [2.75, 3.05) is 24.0 Å². The Morgan fingerprint density at radius 2 is 1.58 bits per heavy atom. The second-order valence-electron chi connectivity index (χ2n) is 6.68. The van der Waals surface area contributed by atoms with Gasteiger partial charge in [-0.1, -0.05) is 54.2 Å². The normalized spacial score (nSPS) is 10.6. The second-order valence-corrected chi connectivity index (χ2v) is 7.63. The Labute approximate surface area is 184 Å². The zero-order chi connectivity index (χ0) is 21.6. The Morgan fingerprint density at radius 3 is 2.26 bits per heavy atom. The zero-order valence-corrected chi connectivity index (χ0v) is 17.7. The molecule has 31 heavy (non-hydrogen) atoms. The van der Waals surface area contributed by atoms with Crippen LogP contribution >= 0.6 is 11.8 Å². The van der Waals surface area contributed by atoms with Crippen LogP contribution in [0.3, 0.4) is 0 Å². The molecule has 0 atom stereocenters.